The van der Waals surface area contributed by atoms with Crippen molar-refractivity contribution in [3.05, 3.63) is 0 Å². The minimum atomic E-state index is -0.120. The van der Waals surface area contributed by atoms with Gasteiger partial charge in [-0.05, 0) is 26.2 Å². The van der Waals surface area contributed by atoms with Gasteiger partial charge in [0.15, 0.2) is 0 Å². The van der Waals surface area contributed by atoms with E-state index in [0.717, 1.165) is 5.92 Å². The van der Waals surface area contributed by atoms with Crippen LogP contribution in [-0.2, 0) is 9.53 Å². The van der Waals surface area contributed by atoms with Gasteiger partial charge in [-0.1, -0.05) is 12.8 Å². The van der Waals surface area contributed by atoms with Gasteiger partial charge in [0.05, 0.1) is 12.6 Å². The first-order chi connectivity index (χ1) is 7.63. The molecule has 4 heteroatoms. The van der Waals surface area contributed by atoms with E-state index < -0.39 is 0 Å². The topological polar surface area (TPSA) is 50.4 Å². The summed E-state index contributed by atoms with van der Waals surface area (Å²) < 4.78 is 4.88. The van der Waals surface area contributed by atoms with E-state index >= 15 is 0 Å². The lowest BCUT2D eigenvalue weighted by Crippen LogP contribution is -2.46. The molecule has 16 heavy (non-hydrogen) atoms. The highest BCUT2D eigenvalue weighted by Crippen LogP contribution is 2.33. The van der Waals surface area contributed by atoms with E-state index in [1.807, 2.05) is 6.92 Å². The van der Waals surface area contributed by atoms with Gasteiger partial charge in [-0.3, -0.25) is 4.79 Å². The molecular formula is C12H24N2O2. The first-order valence-corrected chi connectivity index (χ1v) is 6.16. The molecule has 1 amide bonds. The third-order valence-corrected chi connectivity index (χ3v) is 2.92. The van der Waals surface area contributed by atoms with Crippen LogP contribution in [0.1, 0.15) is 33.1 Å². The van der Waals surface area contributed by atoms with Crippen LogP contribution in [-0.4, -0.2) is 38.3 Å². The molecule has 1 fully saturated rings. The molecule has 0 aromatic rings. The first kappa shape index (κ1) is 13.5. The first-order valence-electron chi connectivity index (χ1n) is 6.16. The summed E-state index contributed by atoms with van der Waals surface area (Å²) in [7, 11) is 1.63. The Balaban J connectivity index is 2.11. The van der Waals surface area contributed by atoms with Gasteiger partial charge in [-0.25, -0.2) is 0 Å². The predicted octanol–water partition coefficient (Wildman–Crippen LogP) is 0.916. The van der Waals surface area contributed by atoms with Crippen LogP contribution in [0.5, 0.6) is 0 Å². The van der Waals surface area contributed by atoms with Crippen molar-refractivity contribution in [2.75, 3.05) is 20.3 Å². The standard InChI is InChI=1S/C12H24N2O2/c1-9(8-11-4-5-11)14-10(2)12(15)13-6-7-16-3/h9-11,14H,4-8H2,1-3H3,(H,13,15). The molecule has 0 spiro atoms. The lowest BCUT2D eigenvalue weighted by molar-refractivity contribution is -0.123. The normalized spacial score (nSPS) is 19.2. The fraction of sp³-hybridized carbons (Fsp3) is 0.917. The van der Waals surface area contributed by atoms with Crippen LogP contribution in [0.2, 0.25) is 0 Å². The Hall–Kier alpha value is -0.610. The van der Waals surface area contributed by atoms with Crippen molar-refractivity contribution in [3.8, 4) is 0 Å². The van der Waals surface area contributed by atoms with E-state index in [4.69, 9.17) is 4.74 Å². The summed E-state index contributed by atoms with van der Waals surface area (Å²) in [5, 5.41) is 6.16. The molecule has 1 saturated carbocycles. The lowest BCUT2D eigenvalue weighted by Gasteiger charge is -2.19. The quantitative estimate of drug-likeness (QED) is 0.607. The van der Waals surface area contributed by atoms with E-state index in [9.17, 15) is 4.79 Å². The Kier molecular flexibility index (Phi) is 5.77. The van der Waals surface area contributed by atoms with Crippen molar-refractivity contribution >= 4 is 5.91 Å². The number of nitrogens with one attached hydrogen (secondary N) is 2. The Bertz CT molecular complexity index is 217. The maximum Gasteiger partial charge on any atom is 0.236 e. The van der Waals surface area contributed by atoms with Crippen LogP contribution in [0.3, 0.4) is 0 Å². The second-order valence-corrected chi connectivity index (χ2v) is 4.75. The van der Waals surface area contributed by atoms with Gasteiger partial charge in [0.1, 0.15) is 0 Å². The number of methoxy groups -OCH3 is 1. The fourth-order valence-corrected chi connectivity index (χ4v) is 1.85. The third kappa shape index (κ3) is 5.47. The SMILES string of the molecule is COCCNC(=O)C(C)NC(C)CC1CC1. The Morgan fingerprint density at radius 3 is 2.69 bits per heavy atom. The number of carbonyl (C=O) groups is 1. The molecular weight excluding hydrogens is 204 g/mol. The monoisotopic (exact) mass is 228 g/mol. The highest BCUT2D eigenvalue weighted by Gasteiger charge is 2.24. The molecule has 0 bridgehead atoms. The maximum absolute atomic E-state index is 11.6. The van der Waals surface area contributed by atoms with E-state index in [1.54, 1.807) is 7.11 Å². The number of hydrogen-bond acceptors (Lipinski definition) is 3. The Morgan fingerprint density at radius 2 is 2.12 bits per heavy atom. The fourth-order valence-electron chi connectivity index (χ4n) is 1.85. The van der Waals surface area contributed by atoms with Crippen molar-refractivity contribution in [1.29, 1.82) is 0 Å². The van der Waals surface area contributed by atoms with E-state index in [-0.39, 0.29) is 11.9 Å². The molecule has 0 radical (unpaired) electrons. The van der Waals surface area contributed by atoms with Gasteiger partial charge >= 0.3 is 0 Å². The van der Waals surface area contributed by atoms with E-state index in [2.05, 4.69) is 17.6 Å². The third-order valence-electron chi connectivity index (χ3n) is 2.92. The Labute approximate surface area is 98.1 Å². The summed E-state index contributed by atoms with van der Waals surface area (Å²) in [6.45, 7) is 5.21. The van der Waals surface area contributed by atoms with Crippen LogP contribution >= 0.6 is 0 Å². The summed E-state index contributed by atoms with van der Waals surface area (Å²) in [6.07, 6.45) is 3.91. The highest BCUT2D eigenvalue weighted by atomic mass is 16.5. The highest BCUT2D eigenvalue weighted by molar-refractivity contribution is 5.81. The molecule has 1 aliphatic rings. The van der Waals surface area contributed by atoms with Gasteiger partial charge in [-0.15, -0.1) is 0 Å². The summed E-state index contributed by atoms with van der Waals surface area (Å²) in [5.41, 5.74) is 0. The largest absolute Gasteiger partial charge is 0.383 e. The summed E-state index contributed by atoms with van der Waals surface area (Å²) in [5.74, 6) is 0.950. The molecule has 0 aromatic heterocycles. The smallest absolute Gasteiger partial charge is 0.236 e. The van der Waals surface area contributed by atoms with Crippen molar-refractivity contribution in [2.45, 2.75) is 45.2 Å². The van der Waals surface area contributed by atoms with Crippen LogP contribution in [0.15, 0.2) is 0 Å². The zero-order valence-corrected chi connectivity index (χ0v) is 10.6. The molecule has 2 N–H and O–H groups in total. The van der Waals surface area contributed by atoms with Gasteiger partial charge in [0.2, 0.25) is 5.91 Å². The zero-order chi connectivity index (χ0) is 12.0. The second kappa shape index (κ2) is 6.86. The van der Waals surface area contributed by atoms with Crippen molar-refractivity contribution in [2.24, 2.45) is 5.92 Å². The molecule has 2 unspecified atom stereocenters. The van der Waals surface area contributed by atoms with Crippen molar-refractivity contribution in [3.63, 3.8) is 0 Å². The Morgan fingerprint density at radius 1 is 1.44 bits per heavy atom. The van der Waals surface area contributed by atoms with Gasteiger partial charge < -0.3 is 15.4 Å². The molecule has 0 heterocycles. The summed E-state index contributed by atoms with van der Waals surface area (Å²) in [6, 6.07) is 0.307. The van der Waals surface area contributed by atoms with Crippen LogP contribution < -0.4 is 10.6 Å². The molecule has 1 aliphatic carbocycles. The molecule has 0 aliphatic heterocycles. The molecule has 0 aromatic carbocycles. The van der Waals surface area contributed by atoms with E-state index in [0.29, 0.717) is 19.2 Å². The number of hydrogen-bond donors (Lipinski definition) is 2. The molecule has 2 atom stereocenters. The van der Waals surface area contributed by atoms with E-state index in [1.165, 1.54) is 19.3 Å². The minimum Gasteiger partial charge on any atom is -0.383 e. The number of ether oxygens (including phenoxy) is 1. The summed E-state index contributed by atoms with van der Waals surface area (Å²) >= 11 is 0. The van der Waals surface area contributed by atoms with Crippen molar-refractivity contribution < 1.29 is 9.53 Å². The lowest BCUT2D eigenvalue weighted by atomic mass is 10.1. The zero-order valence-electron chi connectivity index (χ0n) is 10.6. The maximum atomic E-state index is 11.6. The van der Waals surface area contributed by atoms with Gasteiger partial charge in [0.25, 0.3) is 0 Å². The molecule has 94 valence electrons. The van der Waals surface area contributed by atoms with Gasteiger partial charge in [-0.2, -0.15) is 0 Å². The minimum absolute atomic E-state index is 0.0553. The molecule has 1 rings (SSSR count). The van der Waals surface area contributed by atoms with Crippen LogP contribution in [0.25, 0.3) is 0 Å². The average molecular weight is 228 g/mol. The average Bonchev–Trinajstić information content (AvgIpc) is 3.01. The predicted molar refractivity (Wildman–Crippen MR) is 64.3 cm³/mol. The van der Waals surface area contributed by atoms with Crippen LogP contribution in [0.4, 0.5) is 0 Å². The number of amides is 1. The van der Waals surface area contributed by atoms with Crippen LogP contribution in [0, 0.1) is 5.92 Å². The van der Waals surface area contributed by atoms with Crippen molar-refractivity contribution in [1.82, 2.24) is 10.6 Å². The number of carbonyl (C=O) groups excluding carboxylic acids is 1. The second-order valence-electron chi connectivity index (χ2n) is 4.75. The van der Waals surface area contributed by atoms with Gasteiger partial charge in [0, 0.05) is 19.7 Å². The summed E-state index contributed by atoms with van der Waals surface area (Å²) in [4.78, 5) is 11.6. The number of rotatable bonds is 8. The molecule has 0 saturated heterocycles. The molecule has 4 nitrogen and oxygen atoms in total.